The van der Waals surface area contributed by atoms with Crippen LogP contribution >= 0.6 is 0 Å². The third-order valence-electron chi connectivity index (χ3n) is 5.43. The highest BCUT2D eigenvalue weighted by Gasteiger charge is 2.34. The first-order chi connectivity index (χ1) is 14.3. The predicted molar refractivity (Wildman–Crippen MR) is 119 cm³/mol. The minimum atomic E-state index is 0.0576. The summed E-state index contributed by atoms with van der Waals surface area (Å²) in [6, 6.07) is 18.7. The summed E-state index contributed by atoms with van der Waals surface area (Å²) in [6.45, 7) is 7.23. The number of ether oxygens (including phenoxy) is 2. The Labute approximate surface area is 173 Å². The molecule has 0 aromatic heterocycles. The van der Waals surface area contributed by atoms with Gasteiger partial charge in [-0.15, -0.1) is 0 Å². The van der Waals surface area contributed by atoms with E-state index < -0.39 is 0 Å². The zero-order chi connectivity index (χ0) is 20.4. The van der Waals surface area contributed by atoms with Gasteiger partial charge in [0.2, 0.25) is 0 Å². The summed E-state index contributed by atoms with van der Waals surface area (Å²) in [5, 5.41) is 6.95. The molecule has 1 saturated heterocycles. The van der Waals surface area contributed by atoms with Crippen LogP contribution in [0.1, 0.15) is 24.0 Å². The molecular weight excluding hydrogens is 362 g/mol. The van der Waals surface area contributed by atoms with Gasteiger partial charge in [-0.1, -0.05) is 61.2 Å². The number of rotatable bonds is 8. The molecule has 5 heteroatoms. The highest BCUT2D eigenvalue weighted by atomic mass is 16.5. The number of aliphatic imine (C=N–C) groups is 1. The van der Waals surface area contributed by atoms with Crippen molar-refractivity contribution >= 4 is 5.96 Å². The molecule has 3 rings (SSSR count). The lowest BCUT2D eigenvalue weighted by Gasteiger charge is -2.38. The van der Waals surface area contributed by atoms with Gasteiger partial charge >= 0.3 is 0 Å². The van der Waals surface area contributed by atoms with Crippen LogP contribution in [0.25, 0.3) is 0 Å². The molecule has 0 radical (unpaired) electrons. The van der Waals surface area contributed by atoms with Crippen molar-refractivity contribution in [3.05, 3.63) is 78.4 Å². The molecule has 0 amide bonds. The van der Waals surface area contributed by atoms with Gasteiger partial charge in [0.25, 0.3) is 0 Å². The lowest BCUT2D eigenvalue weighted by atomic mass is 9.74. The van der Waals surface area contributed by atoms with Gasteiger partial charge in [-0.05, 0) is 24.5 Å². The summed E-state index contributed by atoms with van der Waals surface area (Å²) < 4.78 is 11.4. The Bertz CT molecular complexity index is 799. The number of para-hydroxylation sites is 1. The summed E-state index contributed by atoms with van der Waals surface area (Å²) >= 11 is 0. The minimum Gasteiger partial charge on any atom is -0.489 e. The van der Waals surface area contributed by atoms with Crippen LogP contribution in [0.4, 0.5) is 0 Å². The average Bonchev–Trinajstić information content (AvgIpc) is 2.79. The first-order valence-electron chi connectivity index (χ1n) is 10.2. The molecular formula is C24H31N3O2. The third kappa shape index (κ3) is 5.61. The predicted octanol–water partition coefficient (Wildman–Crippen LogP) is 3.66. The molecule has 1 fully saturated rings. The maximum atomic E-state index is 5.75. The van der Waals surface area contributed by atoms with Crippen molar-refractivity contribution in [1.82, 2.24) is 10.6 Å². The van der Waals surface area contributed by atoms with E-state index in [0.29, 0.717) is 13.2 Å². The number of nitrogens with one attached hydrogen (secondary N) is 2. The Morgan fingerprint density at radius 1 is 1.10 bits per heavy atom. The highest BCUT2D eigenvalue weighted by Crippen LogP contribution is 2.34. The minimum absolute atomic E-state index is 0.0576. The average molecular weight is 394 g/mol. The Hall–Kier alpha value is -2.79. The molecule has 0 spiro atoms. The molecule has 5 nitrogen and oxygen atoms in total. The second kappa shape index (κ2) is 10.7. The van der Waals surface area contributed by atoms with Crippen molar-refractivity contribution in [2.45, 2.75) is 24.8 Å². The topological polar surface area (TPSA) is 54.9 Å². The van der Waals surface area contributed by atoms with E-state index in [4.69, 9.17) is 9.47 Å². The van der Waals surface area contributed by atoms with Gasteiger partial charge in [0, 0.05) is 44.3 Å². The van der Waals surface area contributed by atoms with Crippen LogP contribution < -0.4 is 15.4 Å². The Morgan fingerprint density at radius 3 is 2.55 bits per heavy atom. The summed E-state index contributed by atoms with van der Waals surface area (Å²) in [5.74, 6) is 1.64. The number of hydrogen-bond acceptors (Lipinski definition) is 3. The van der Waals surface area contributed by atoms with Crippen molar-refractivity contribution < 1.29 is 9.47 Å². The molecule has 0 unspecified atom stereocenters. The molecule has 1 heterocycles. The van der Waals surface area contributed by atoms with Gasteiger partial charge in [-0.25, -0.2) is 0 Å². The summed E-state index contributed by atoms with van der Waals surface area (Å²) in [5.41, 5.74) is 2.50. The van der Waals surface area contributed by atoms with Crippen LogP contribution in [0.5, 0.6) is 5.75 Å². The molecule has 1 aliphatic rings. The largest absolute Gasteiger partial charge is 0.489 e. The van der Waals surface area contributed by atoms with Crippen LogP contribution in [0.15, 0.2) is 72.2 Å². The maximum absolute atomic E-state index is 5.75. The van der Waals surface area contributed by atoms with E-state index in [-0.39, 0.29) is 5.41 Å². The number of nitrogens with zero attached hydrogens (tertiary/aromatic N) is 1. The van der Waals surface area contributed by atoms with Gasteiger partial charge in [-0.3, -0.25) is 4.99 Å². The van der Waals surface area contributed by atoms with Crippen LogP contribution in [0.2, 0.25) is 0 Å². The fraction of sp³-hybridized carbons (Fsp3) is 0.375. The van der Waals surface area contributed by atoms with Crippen LogP contribution in [0.3, 0.4) is 0 Å². The van der Waals surface area contributed by atoms with E-state index in [1.54, 1.807) is 13.1 Å². The normalized spacial score (nSPS) is 16.1. The van der Waals surface area contributed by atoms with E-state index in [9.17, 15) is 0 Å². The number of guanidine groups is 1. The lowest BCUT2D eigenvalue weighted by molar-refractivity contribution is 0.0514. The zero-order valence-electron chi connectivity index (χ0n) is 17.2. The molecule has 29 heavy (non-hydrogen) atoms. The Kier molecular flexibility index (Phi) is 7.70. The SMILES string of the molecule is C=CCOc1ccccc1CNC(=NC)NCC1(c2ccccc2)CCOCC1. The molecule has 0 aliphatic carbocycles. The first kappa shape index (κ1) is 20.9. The van der Waals surface area contributed by atoms with E-state index >= 15 is 0 Å². The molecule has 154 valence electrons. The lowest BCUT2D eigenvalue weighted by Crippen LogP contribution is -2.47. The Morgan fingerprint density at radius 2 is 1.83 bits per heavy atom. The second-order valence-corrected chi connectivity index (χ2v) is 7.25. The standard InChI is InChI=1S/C24H31N3O2/c1-3-15-29-22-12-8-7-9-20(22)18-26-23(25-2)27-19-24(13-16-28-17-14-24)21-10-5-4-6-11-21/h3-12H,1,13-19H2,2H3,(H2,25,26,27). The molecule has 2 aromatic rings. The second-order valence-electron chi connectivity index (χ2n) is 7.25. The zero-order valence-corrected chi connectivity index (χ0v) is 17.2. The van der Waals surface area contributed by atoms with Crippen LogP contribution in [0, 0.1) is 0 Å². The fourth-order valence-corrected chi connectivity index (χ4v) is 3.71. The third-order valence-corrected chi connectivity index (χ3v) is 5.43. The van der Waals surface area contributed by atoms with Crippen molar-refractivity contribution in [1.29, 1.82) is 0 Å². The van der Waals surface area contributed by atoms with Crippen LogP contribution in [-0.4, -0.2) is 39.4 Å². The van der Waals surface area contributed by atoms with Gasteiger partial charge in [-0.2, -0.15) is 0 Å². The highest BCUT2D eigenvalue weighted by molar-refractivity contribution is 5.79. The van der Waals surface area contributed by atoms with Gasteiger partial charge in [0.05, 0.1) is 0 Å². The number of hydrogen-bond donors (Lipinski definition) is 2. The monoisotopic (exact) mass is 393 g/mol. The smallest absolute Gasteiger partial charge is 0.191 e. The molecule has 1 aliphatic heterocycles. The van der Waals surface area contributed by atoms with Crippen molar-refractivity contribution in [3.8, 4) is 5.75 Å². The molecule has 0 atom stereocenters. The molecule has 2 N–H and O–H groups in total. The van der Waals surface area contributed by atoms with E-state index in [2.05, 4.69) is 58.6 Å². The Balaban J connectivity index is 1.63. The maximum Gasteiger partial charge on any atom is 0.191 e. The summed E-state index contributed by atoms with van der Waals surface area (Å²) in [7, 11) is 1.80. The van der Waals surface area contributed by atoms with E-state index in [0.717, 1.165) is 49.9 Å². The quantitative estimate of drug-likeness (QED) is 0.408. The van der Waals surface area contributed by atoms with Crippen molar-refractivity contribution in [3.63, 3.8) is 0 Å². The number of benzene rings is 2. The summed E-state index contributed by atoms with van der Waals surface area (Å²) in [4.78, 5) is 4.41. The van der Waals surface area contributed by atoms with Crippen molar-refractivity contribution in [2.75, 3.05) is 33.4 Å². The van der Waals surface area contributed by atoms with Gasteiger partial charge in [0.1, 0.15) is 12.4 Å². The van der Waals surface area contributed by atoms with Gasteiger partial charge < -0.3 is 20.1 Å². The summed E-state index contributed by atoms with van der Waals surface area (Å²) in [6.07, 6.45) is 3.75. The first-order valence-corrected chi connectivity index (χ1v) is 10.2. The fourth-order valence-electron chi connectivity index (χ4n) is 3.71. The molecule has 2 aromatic carbocycles. The molecule has 0 saturated carbocycles. The molecule has 0 bridgehead atoms. The van der Waals surface area contributed by atoms with E-state index in [1.165, 1.54) is 5.56 Å². The van der Waals surface area contributed by atoms with Crippen LogP contribution in [-0.2, 0) is 16.7 Å². The van der Waals surface area contributed by atoms with Gasteiger partial charge in [0.15, 0.2) is 5.96 Å². The van der Waals surface area contributed by atoms with E-state index in [1.807, 2.05) is 18.2 Å². The van der Waals surface area contributed by atoms with Crippen molar-refractivity contribution in [2.24, 2.45) is 4.99 Å².